The van der Waals surface area contributed by atoms with Gasteiger partial charge in [0.25, 0.3) is 0 Å². The Morgan fingerprint density at radius 1 is 0.194 bits per heavy atom. The molecule has 0 aliphatic carbocycles. The summed E-state index contributed by atoms with van der Waals surface area (Å²) in [5, 5.41) is 0. The van der Waals surface area contributed by atoms with Crippen LogP contribution in [0.3, 0.4) is 0 Å². The number of unbranched alkanes of at least 4 members (excludes halogenated alkanes) is 37. The van der Waals surface area contributed by atoms with Gasteiger partial charge in [0.05, 0.1) is 0 Å². The second kappa shape index (κ2) is 53.6. The Kier molecular flexibility index (Phi) is 51.8. The highest BCUT2D eigenvalue weighted by Gasteiger charge is 2.19. The van der Waals surface area contributed by atoms with Gasteiger partial charge in [0.1, 0.15) is 0 Å². The van der Waals surface area contributed by atoms with Crippen LogP contribution in [0.25, 0.3) is 0 Å². The second-order valence-corrected chi connectivity index (χ2v) is 22.3. The minimum absolute atomic E-state index is 1.27. The van der Waals surface area contributed by atoms with Gasteiger partial charge in [-0.2, -0.15) is 0 Å². The Labute approximate surface area is 425 Å². The fraction of sp³-hybridized carbons (Fsp3) is 1.00. The van der Waals surface area contributed by atoms with Crippen molar-refractivity contribution < 1.29 is 0 Å². The van der Waals surface area contributed by atoms with Gasteiger partial charge in [-0.1, -0.05) is 272 Å². The number of hydrogen-bond acceptors (Lipinski definition) is 5. The number of nitrogens with zero attached hydrogens (tertiary/aromatic N) is 5. The van der Waals surface area contributed by atoms with E-state index in [2.05, 4.69) is 59.1 Å². The topological polar surface area (TPSA) is 16.2 Å². The fourth-order valence-corrected chi connectivity index (χ4v) is 10.8. The van der Waals surface area contributed by atoms with Crippen LogP contribution in [0.4, 0.5) is 0 Å². The minimum Gasteiger partial charge on any atom is -0.302 e. The molecule has 1 rings (SSSR count). The average Bonchev–Trinajstić information content (AvgIpc) is 3.34. The molecule has 0 saturated carbocycles. The van der Waals surface area contributed by atoms with Crippen molar-refractivity contribution in [2.75, 3.05) is 98.2 Å². The Bertz CT molecular complexity index is 866. The quantitative estimate of drug-likeness (QED) is 0.0563. The van der Waals surface area contributed by atoms with Crippen LogP contribution in [-0.2, 0) is 0 Å². The van der Waals surface area contributed by atoms with Gasteiger partial charge in [0.15, 0.2) is 0 Å². The summed E-state index contributed by atoms with van der Waals surface area (Å²) in [4.78, 5) is 14.3. The van der Waals surface area contributed by atoms with Crippen LogP contribution in [0.1, 0.15) is 304 Å². The summed E-state index contributed by atoms with van der Waals surface area (Å²) >= 11 is 0. The molecule has 1 fully saturated rings. The van der Waals surface area contributed by atoms with E-state index in [0.717, 1.165) is 0 Å². The van der Waals surface area contributed by atoms with E-state index >= 15 is 0 Å². The summed E-state index contributed by atoms with van der Waals surface area (Å²) in [6, 6.07) is 0. The summed E-state index contributed by atoms with van der Waals surface area (Å²) in [5.74, 6) is 0. The largest absolute Gasteiger partial charge is 0.302 e. The molecule has 0 bridgehead atoms. The summed E-state index contributed by atoms with van der Waals surface area (Å²) in [6.07, 6.45) is 60.1. The van der Waals surface area contributed by atoms with E-state index in [4.69, 9.17) is 0 Å². The molecule has 0 unspecified atom stereocenters. The number of hydrogen-bond donors (Lipinski definition) is 0. The molecule has 0 radical (unpaired) electrons. The molecule has 1 aliphatic rings. The van der Waals surface area contributed by atoms with Gasteiger partial charge in [-0.05, 0) is 64.8 Å². The first kappa shape index (κ1) is 64.8. The van der Waals surface area contributed by atoms with Crippen molar-refractivity contribution in [1.82, 2.24) is 24.5 Å². The molecule has 5 nitrogen and oxygen atoms in total. The summed E-state index contributed by atoms with van der Waals surface area (Å²) in [5.41, 5.74) is 0. The Hall–Kier alpha value is -0.200. The zero-order valence-corrected chi connectivity index (χ0v) is 47.5. The summed E-state index contributed by atoms with van der Waals surface area (Å²) in [6.45, 7) is 31.0. The van der Waals surface area contributed by atoms with Crippen LogP contribution >= 0.6 is 0 Å². The van der Waals surface area contributed by atoms with E-state index in [0.29, 0.717) is 0 Å². The molecule has 1 aliphatic heterocycles. The number of rotatable bonds is 56. The van der Waals surface area contributed by atoms with Gasteiger partial charge in [-0.15, -0.1) is 0 Å². The number of piperazine rings is 1. The highest BCUT2D eigenvalue weighted by Crippen LogP contribution is 2.16. The second-order valence-electron chi connectivity index (χ2n) is 22.3. The lowest BCUT2D eigenvalue weighted by Gasteiger charge is -2.37. The molecule has 402 valence electrons. The van der Waals surface area contributed by atoms with E-state index in [9.17, 15) is 0 Å². The van der Waals surface area contributed by atoms with Gasteiger partial charge in [-0.25, -0.2) is 0 Å². The monoisotopic (exact) mass is 944 g/mol. The first-order valence-electron chi connectivity index (χ1n) is 31.8. The third-order valence-electron chi connectivity index (χ3n) is 15.8. The lowest BCUT2D eigenvalue weighted by molar-refractivity contribution is 0.104. The lowest BCUT2D eigenvalue weighted by atomic mass is 10.1. The Morgan fingerprint density at radius 3 is 0.567 bits per heavy atom. The van der Waals surface area contributed by atoms with Crippen LogP contribution in [-0.4, -0.2) is 123 Å². The highest BCUT2D eigenvalue weighted by molar-refractivity contribution is 4.76. The zero-order valence-electron chi connectivity index (χ0n) is 47.5. The average molecular weight is 945 g/mol. The molecular formula is C62H129N5. The molecule has 0 amide bonds. The molecule has 1 saturated heterocycles. The molecule has 5 heteroatoms. The zero-order chi connectivity index (χ0) is 48.2. The Balaban J connectivity index is 2.70. The molecule has 0 spiro atoms. The van der Waals surface area contributed by atoms with E-state index in [1.54, 1.807) is 0 Å². The molecule has 0 aromatic heterocycles. The molecule has 0 N–H and O–H groups in total. The van der Waals surface area contributed by atoms with Crippen molar-refractivity contribution >= 4 is 0 Å². The fourth-order valence-electron chi connectivity index (χ4n) is 10.8. The molecule has 0 aromatic carbocycles. The van der Waals surface area contributed by atoms with Gasteiger partial charge in [0, 0.05) is 65.4 Å². The van der Waals surface area contributed by atoms with Gasteiger partial charge in [-0.3, -0.25) is 9.80 Å². The molecule has 1 heterocycles. The van der Waals surface area contributed by atoms with Gasteiger partial charge < -0.3 is 14.7 Å². The van der Waals surface area contributed by atoms with Crippen LogP contribution < -0.4 is 0 Å². The van der Waals surface area contributed by atoms with Crippen molar-refractivity contribution in [1.29, 1.82) is 0 Å². The first-order valence-corrected chi connectivity index (χ1v) is 31.8. The van der Waals surface area contributed by atoms with E-state index in [1.807, 2.05) is 0 Å². The standard InChI is InChI=1S/C62H129N5/c1-6-11-16-21-26-29-32-35-40-45-50-63(51-46-41-36-33-30-27-22-17-12-7-2)53-55-65(52-47-42-37-34-31-28-23-18-13-8-3)56-58-67-61-59-66(60-62-67)57-54-64(48-43-38-24-19-14-9-4)49-44-39-25-20-15-10-5/h6-62H2,1-5H3. The lowest BCUT2D eigenvalue weighted by Crippen LogP contribution is -2.50. The van der Waals surface area contributed by atoms with E-state index in [1.165, 1.54) is 368 Å². The van der Waals surface area contributed by atoms with Gasteiger partial charge in [0.2, 0.25) is 0 Å². The van der Waals surface area contributed by atoms with E-state index in [-0.39, 0.29) is 0 Å². The highest BCUT2D eigenvalue weighted by atomic mass is 15.3. The van der Waals surface area contributed by atoms with E-state index < -0.39 is 0 Å². The van der Waals surface area contributed by atoms with Crippen molar-refractivity contribution in [2.24, 2.45) is 0 Å². The molecule has 0 atom stereocenters. The maximum absolute atomic E-state index is 2.92. The summed E-state index contributed by atoms with van der Waals surface area (Å²) in [7, 11) is 0. The normalized spacial score (nSPS) is 14.0. The van der Waals surface area contributed by atoms with Crippen molar-refractivity contribution in [3.63, 3.8) is 0 Å². The minimum atomic E-state index is 1.27. The van der Waals surface area contributed by atoms with Crippen LogP contribution in [0.2, 0.25) is 0 Å². The maximum Gasteiger partial charge on any atom is 0.0110 e. The maximum atomic E-state index is 2.92. The van der Waals surface area contributed by atoms with Crippen LogP contribution in [0.15, 0.2) is 0 Å². The smallest absolute Gasteiger partial charge is 0.0110 e. The van der Waals surface area contributed by atoms with Crippen molar-refractivity contribution in [2.45, 2.75) is 304 Å². The first-order chi connectivity index (χ1) is 33.2. The molecular weight excluding hydrogens is 815 g/mol. The van der Waals surface area contributed by atoms with Crippen molar-refractivity contribution in [3.8, 4) is 0 Å². The van der Waals surface area contributed by atoms with Crippen LogP contribution in [0, 0.1) is 0 Å². The predicted octanol–water partition coefficient (Wildman–Crippen LogP) is 18.0. The van der Waals surface area contributed by atoms with Crippen molar-refractivity contribution in [3.05, 3.63) is 0 Å². The predicted molar refractivity (Wildman–Crippen MR) is 304 cm³/mol. The molecule has 0 aromatic rings. The van der Waals surface area contributed by atoms with Gasteiger partial charge >= 0.3 is 0 Å². The third-order valence-corrected chi connectivity index (χ3v) is 15.8. The van der Waals surface area contributed by atoms with Crippen LogP contribution in [0.5, 0.6) is 0 Å². The third kappa shape index (κ3) is 45.4. The molecule has 67 heavy (non-hydrogen) atoms. The summed E-state index contributed by atoms with van der Waals surface area (Å²) < 4.78 is 0. The SMILES string of the molecule is CCCCCCCCCCCCN(CCCCCCCCCCCC)CCN(CCCCCCCCCCCC)CCN1CCN(CCN(CCCCCCCC)CCCCCCCC)CC1. The Morgan fingerprint density at radius 2 is 0.358 bits per heavy atom.